The van der Waals surface area contributed by atoms with Crippen molar-refractivity contribution in [2.75, 3.05) is 13.2 Å². The van der Waals surface area contributed by atoms with E-state index in [9.17, 15) is 23.5 Å². The molecular weight excluding hydrogens is 484 g/mol. The molecule has 0 saturated heterocycles. The number of nitriles is 1. The minimum Gasteiger partial charge on any atom is -0.493 e. The zero-order valence-corrected chi connectivity index (χ0v) is 18.5. The number of carbonyl (C=O) groups excluding carboxylic acids is 1. The third kappa shape index (κ3) is 4.32. The summed E-state index contributed by atoms with van der Waals surface area (Å²) in [7, 11) is 0. The predicted octanol–water partition coefficient (Wildman–Crippen LogP) is 2.64. The average molecular weight is 500 g/mol. The highest BCUT2D eigenvalue weighted by atomic mass is 35.5. The maximum absolute atomic E-state index is 14.3. The van der Waals surface area contributed by atoms with Gasteiger partial charge in [-0.05, 0) is 29.8 Å². The monoisotopic (exact) mass is 499 g/mol. The van der Waals surface area contributed by atoms with Crippen molar-refractivity contribution in [1.29, 1.82) is 5.26 Å². The minimum atomic E-state index is -1.54. The molecule has 3 aromatic rings. The molecule has 0 radical (unpaired) electrons. The Bertz CT molecular complexity index is 1500. The lowest BCUT2D eigenvalue weighted by Gasteiger charge is -2.19. The molecule has 2 heterocycles. The summed E-state index contributed by atoms with van der Waals surface area (Å²) in [5.41, 5.74) is -0.604. The van der Waals surface area contributed by atoms with Gasteiger partial charge in [-0.1, -0.05) is 23.7 Å². The molecule has 35 heavy (non-hydrogen) atoms. The van der Waals surface area contributed by atoms with Crippen LogP contribution in [0.3, 0.4) is 0 Å². The molecule has 1 atom stereocenters. The quantitative estimate of drug-likeness (QED) is 0.412. The molecular formula is C23H16ClF2N5O4. The Kier molecular flexibility index (Phi) is 6.50. The second-order valence-electron chi connectivity index (χ2n) is 7.42. The number of rotatable bonds is 6. The number of benzene rings is 2. The molecule has 0 spiro atoms. The van der Waals surface area contributed by atoms with Gasteiger partial charge in [-0.15, -0.1) is 0 Å². The van der Waals surface area contributed by atoms with E-state index in [4.69, 9.17) is 22.0 Å². The molecule has 9 nitrogen and oxygen atoms in total. The van der Waals surface area contributed by atoms with Crippen LogP contribution in [0.1, 0.15) is 28.4 Å². The number of aliphatic hydroxyl groups excluding tert-OH is 1. The van der Waals surface area contributed by atoms with Crippen LogP contribution in [-0.2, 0) is 4.79 Å². The second kappa shape index (κ2) is 9.54. The number of nitrogens with one attached hydrogen (secondary N) is 2. The Morgan fingerprint density at radius 2 is 2.11 bits per heavy atom. The van der Waals surface area contributed by atoms with Gasteiger partial charge < -0.3 is 20.5 Å². The van der Waals surface area contributed by atoms with E-state index in [1.807, 2.05) is 0 Å². The number of amides is 1. The Balaban J connectivity index is 1.82. The number of hydrogen-bond donors (Lipinski definition) is 4. The molecule has 178 valence electrons. The maximum atomic E-state index is 14.3. The van der Waals surface area contributed by atoms with Gasteiger partial charge in [0.25, 0.3) is 0 Å². The Hall–Kier alpha value is -4.27. The van der Waals surface area contributed by atoms with Crippen LogP contribution in [0, 0.1) is 23.0 Å². The van der Waals surface area contributed by atoms with Crippen LogP contribution in [0.25, 0.3) is 11.6 Å². The summed E-state index contributed by atoms with van der Waals surface area (Å²) < 4.78 is 29.2. The number of aliphatic hydroxyl groups is 1. The van der Waals surface area contributed by atoms with Gasteiger partial charge in [-0.3, -0.25) is 9.79 Å². The fourth-order valence-electron chi connectivity index (χ4n) is 3.66. The number of hydrogen-bond acceptors (Lipinski definition) is 6. The summed E-state index contributed by atoms with van der Waals surface area (Å²) in [6.07, 6.45) is 2.65. The Morgan fingerprint density at radius 1 is 1.34 bits per heavy atom. The SMILES string of the molecule is N#Cc1ccc(C(C(=O)NCCO)n2c(O)c(/C=C3\C=Nc4c3ccc(Cl)c4F)[nH]c2=O)cc1F. The lowest BCUT2D eigenvalue weighted by Crippen LogP contribution is -2.38. The lowest BCUT2D eigenvalue weighted by atomic mass is 10.0. The van der Waals surface area contributed by atoms with Crippen molar-refractivity contribution < 1.29 is 23.8 Å². The summed E-state index contributed by atoms with van der Waals surface area (Å²) >= 11 is 5.78. The van der Waals surface area contributed by atoms with Gasteiger partial charge in [0.2, 0.25) is 11.8 Å². The third-order valence-corrected chi connectivity index (χ3v) is 5.58. The molecule has 4 rings (SSSR count). The van der Waals surface area contributed by atoms with E-state index in [1.54, 1.807) is 6.07 Å². The normalized spacial score (nSPS) is 14.1. The first-order valence-corrected chi connectivity index (χ1v) is 10.5. The molecule has 2 aromatic carbocycles. The first-order chi connectivity index (χ1) is 16.8. The van der Waals surface area contributed by atoms with Gasteiger partial charge in [0.1, 0.15) is 29.3 Å². The van der Waals surface area contributed by atoms with E-state index >= 15 is 0 Å². The van der Waals surface area contributed by atoms with Crippen LogP contribution < -0.4 is 11.0 Å². The minimum absolute atomic E-state index is 0.000616. The summed E-state index contributed by atoms with van der Waals surface area (Å²) in [5.74, 6) is -3.12. The lowest BCUT2D eigenvalue weighted by molar-refractivity contribution is -0.123. The number of aliphatic imine (C=N–C) groups is 1. The van der Waals surface area contributed by atoms with Crippen LogP contribution in [0.5, 0.6) is 5.88 Å². The van der Waals surface area contributed by atoms with E-state index in [0.29, 0.717) is 15.7 Å². The van der Waals surface area contributed by atoms with Crippen LogP contribution in [-0.4, -0.2) is 45.0 Å². The first kappa shape index (κ1) is 23.9. The zero-order chi connectivity index (χ0) is 25.3. The number of aromatic nitrogens is 2. The van der Waals surface area contributed by atoms with Crippen molar-refractivity contribution in [3.8, 4) is 11.9 Å². The first-order valence-electron chi connectivity index (χ1n) is 10.1. The van der Waals surface area contributed by atoms with Crippen molar-refractivity contribution in [2.24, 2.45) is 4.99 Å². The van der Waals surface area contributed by atoms with E-state index in [1.165, 1.54) is 30.5 Å². The molecule has 1 aliphatic rings. The van der Waals surface area contributed by atoms with Crippen molar-refractivity contribution in [1.82, 2.24) is 14.9 Å². The molecule has 1 amide bonds. The number of fused-ring (bicyclic) bond motifs is 1. The number of H-pyrrole nitrogens is 1. The average Bonchev–Trinajstić information content (AvgIpc) is 3.36. The molecule has 0 saturated carbocycles. The molecule has 1 aliphatic heterocycles. The number of aromatic amines is 1. The van der Waals surface area contributed by atoms with E-state index < -0.39 is 41.8 Å². The van der Waals surface area contributed by atoms with E-state index in [0.717, 1.165) is 12.1 Å². The van der Waals surface area contributed by atoms with Gasteiger partial charge in [0.05, 0.1) is 17.2 Å². The molecule has 0 fully saturated rings. The largest absolute Gasteiger partial charge is 0.493 e. The molecule has 1 unspecified atom stereocenters. The smallest absolute Gasteiger partial charge is 0.329 e. The Morgan fingerprint density at radius 3 is 2.80 bits per heavy atom. The van der Waals surface area contributed by atoms with Crippen molar-refractivity contribution in [3.63, 3.8) is 0 Å². The highest BCUT2D eigenvalue weighted by molar-refractivity contribution is 6.31. The van der Waals surface area contributed by atoms with Crippen LogP contribution in [0.15, 0.2) is 40.1 Å². The van der Waals surface area contributed by atoms with E-state index in [-0.39, 0.29) is 34.1 Å². The number of nitrogens with zero attached hydrogens (tertiary/aromatic N) is 3. The summed E-state index contributed by atoms with van der Waals surface area (Å²) in [5, 5.41) is 31.2. The molecule has 0 aliphatic carbocycles. The summed E-state index contributed by atoms with van der Waals surface area (Å²) in [4.78, 5) is 32.1. The topological polar surface area (TPSA) is 144 Å². The van der Waals surface area contributed by atoms with Gasteiger partial charge in [0, 0.05) is 23.9 Å². The van der Waals surface area contributed by atoms with Crippen LogP contribution in [0.4, 0.5) is 14.5 Å². The number of aromatic hydroxyl groups is 1. The van der Waals surface area contributed by atoms with Crippen molar-refractivity contribution in [3.05, 3.63) is 79.9 Å². The fourth-order valence-corrected chi connectivity index (χ4v) is 3.81. The maximum Gasteiger partial charge on any atom is 0.329 e. The standard InChI is InChI=1S/C23H16ClF2N5O4/c24-15-4-3-14-13(10-29-19(14)18(15)26)8-17-22(34)31(23(35)30-17)20(21(33)28-5-6-32)11-1-2-12(9-27)16(25)7-11/h1-4,7-8,10,20,32,34H,5-6H2,(H,28,33)(H,30,35)/b13-8+. The number of carbonyl (C=O) groups is 1. The fraction of sp³-hybridized carbons (Fsp3) is 0.130. The van der Waals surface area contributed by atoms with Gasteiger partial charge in [-0.2, -0.15) is 5.26 Å². The molecule has 0 bridgehead atoms. The Labute approximate surface area is 201 Å². The van der Waals surface area contributed by atoms with Crippen LogP contribution in [0.2, 0.25) is 5.02 Å². The highest BCUT2D eigenvalue weighted by Crippen LogP contribution is 2.38. The number of imidazole rings is 1. The highest BCUT2D eigenvalue weighted by Gasteiger charge is 2.29. The van der Waals surface area contributed by atoms with Gasteiger partial charge in [-0.25, -0.2) is 18.1 Å². The molecule has 4 N–H and O–H groups in total. The van der Waals surface area contributed by atoms with Crippen LogP contribution >= 0.6 is 11.6 Å². The third-order valence-electron chi connectivity index (χ3n) is 5.29. The number of halogens is 3. The summed E-state index contributed by atoms with van der Waals surface area (Å²) in [6.45, 7) is -0.558. The van der Waals surface area contributed by atoms with Crippen molar-refractivity contribution in [2.45, 2.75) is 6.04 Å². The second-order valence-corrected chi connectivity index (χ2v) is 7.83. The van der Waals surface area contributed by atoms with Gasteiger partial charge in [0.15, 0.2) is 5.82 Å². The van der Waals surface area contributed by atoms with E-state index in [2.05, 4.69) is 15.3 Å². The number of allylic oxidation sites excluding steroid dienone is 1. The molecule has 12 heteroatoms. The molecule has 1 aromatic heterocycles. The zero-order valence-electron chi connectivity index (χ0n) is 17.7. The summed E-state index contributed by atoms with van der Waals surface area (Å²) in [6, 6.07) is 6.30. The predicted molar refractivity (Wildman–Crippen MR) is 124 cm³/mol. The van der Waals surface area contributed by atoms with Crippen molar-refractivity contribution >= 4 is 41.1 Å². The van der Waals surface area contributed by atoms with Gasteiger partial charge >= 0.3 is 5.69 Å².